The Balaban J connectivity index is 0.00000108. The van der Waals surface area contributed by atoms with Gasteiger partial charge in [-0.3, -0.25) is 4.79 Å². The SMILES string of the molecule is C.CN(C)c1nc2cc3n(c(=O)c2n1C)CC3. The highest BCUT2D eigenvalue weighted by Crippen LogP contribution is 2.21. The largest absolute Gasteiger partial charge is 0.348 e. The zero-order valence-electron chi connectivity index (χ0n) is 9.69. The normalized spacial score (nSPS) is 12.9. The molecule has 0 saturated heterocycles. The molecule has 5 heteroatoms. The molecule has 3 heterocycles. The minimum atomic E-state index is 0. The fourth-order valence-corrected chi connectivity index (χ4v) is 2.28. The number of aromatic nitrogens is 3. The third-order valence-electron chi connectivity index (χ3n) is 3.19. The van der Waals surface area contributed by atoms with Gasteiger partial charge in [0.25, 0.3) is 5.56 Å². The molecule has 2 aromatic rings. The summed E-state index contributed by atoms with van der Waals surface area (Å²) in [6.45, 7) is 0.840. The summed E-state index contributed by atoms with van der Waals surface area (Å²) in [5.41, 5.74) is 2.69. The Morgan fingerprint density at radius 3 is 2.65 bits per heavy atom. The van der Waals surface area contributed by atoms with Crippen LogP contribution in [0.25, 0.3) is 11.0 Å². The molecule has 0 aromatic carbocycles. The first-order valence-corrected chi connectivity index (χ1v) is 5.36. The van der Waals surface area contributed by atoms with Crippen LogP contribution in [0.1, 0.15) is 13.1 Å². The summed E-state index contributed by atoms with van der Waals surface area (Å²) in [6, 6.07) is 2.02. The summed E-state index contributed by atoms with van der Waals surface area (Å²) in [4.78, 5) is 18.5. The summed E-state index contributed by atoms with van der Waals surface area (Å²) in [7, 11) is 5.75. The average molecular weight is 234 g/mol. The lowest BCUT2D eigenvalue weighted by atomic mass is 10.1. The number of fused-ring (bicyclic) bond motifs is 2. The van der Waals surface area contributed by atoms with E-state index in [0.717, 1.165) is 30.1 Å². The number of rotatable bonds is 1. The second-order valence-electron chi connectivity index (χ2n) is 4.44. The summed E-state index contributed by atoms with van der Waals surface area (Å²) in [6.07, 6.45) is 0.985. The van der Waals surface area contributed by atoms with E-state index in [1.54, 1.807) is 0 Å². The highest BCUT2D eigenvalue weighted by atomic mass is 16.1. The maximum Gasteiger partial charge on any atom is 0.276 e. The molecule has 0 atom stereocenters. The summed E-state index contributed by atoms with van der Waals surface area (Å²) < 4.78 is 3.69. The molecule has 0 aliphatic carbocycles. The molecular weight excluding hydrogens is 216 g/mol. The Bertz CT molecular complexity index is 636. The number of anilines is 1. The van der Waals surface area contributed by atoms with Gasteiger partial charge in [0, 0.05) is 39.8 Å². The van der Waals surface area contributed by atoms with Crippen molar-refractivity contribution in [2.24, 2.45) is 7.05 Å². The lowest BCUT2D eigenvalue weighted by molar-refractivity contribution is 0.530. The second-order valence-corrected chi connectivity index (χ2v) is 4.44. The first kappa shape index (κ1) is 11.7. The van der Waals surface area contributed by atoms with Gasteiger partial charge in [-0.05, 0) is 6.07 Å². The van der Waals surface area contributed by atoms with E-state index >= 15 is 0 Å². The monoisotopic (exact) mass is 234 g/mol. The molecule has 0 bridgehead atoms. The molecule has 5 nitrogen and oxygen atoms in total. The maximum atomic E-state index is 12.1. The van der Waals surface area contributed by atoms with E-state index in [2.05, 4.69) is 4.98 Å². The molecular formula is C12H18N4O. The Hall–Kier alpha value is -1.78. The fraction of sp³-hybridized carbons (Fsp3) is 0.500. The van der Waals surface area contributed by atoms with Gasteiger partial charge in [0.05, 0.1) is 5.52 Å². The zero-order chi connectivity index (χ0) is 11.4. The van der Waals surface area contributed by atoms with Crippen molar-refractivity contribution < 1.29 is 0 Å². The average Bonchev–Trinajstić information content (AvgIpc) is 2.49. The third-order valence-corrected chi connectivity index (χ3v) is 3.19. The molecule has 0 amide bonds. The van der Waals surface area contributed by atoms with Crippen molar-refractivity contribution in [2.75, 3.05) is 19.0 Å². The van der Waals surface area contributed by atoms with Crippen LogP contribution < -0.4 is 10.5 Å². The van der Waals surface area contributed by atoms with Gasteiger partial charge in [-0.2, -0.15) is 0 Å². The molecule has 0 saturated carbocycles. The molecule has 17 heavy (non-hydrogen) atoms. The molecule has 92 valence electrons. The van der Waals surface area contributed by atoms with Gasteiger partial charge in [0.1, 0.15) is 5.52 Å². The first-order valence-electron chi connectivity index (χ1n) is 5.36. The van der Waals surface area contributed by atoms with Gasteiger partial charge in [-0.15, -0.1) is 0 Å². The van der Waals surface area contributed by atoms with E-state index in [9.17, 15) is 4.79 Å². The number of nitrogens with zero attached hydrogens (tertiary/aromatic N) is 4. The smallest absolute Gasteiger partial charge is 0.276 e. The predicted molar refractivity (Wildman–Crippen MR) is 69.7 cm³/mol. The van der Waals surface area contributed by atoms with Gasteiger partial charge in [0.2, 0.25) is 5.95 Å². The van der Waals surface area contributed by atoms with E-state index < -0.39 is 0 Å². The second kappa shape index (κ2) is 3.61. The van der Waals surface area contributed by atoms with Gasteiger partial charge in [-0.25, -0.2) is 4.98 Å². The standard InChI is InChI=1S/C11H14N4O.CH4/c1-13(2)11-12-8-6-7-4-5-15(7)10(16)9(8)14(11)3;/h6H,4-5H2,1-3H3;1H4. The minimum absolute atomic E-state index is 0. The lowest BCUT2D eigenvalue weighted by Gasteiger charge is -2.20. The number of pyridine rings is 1. The molecule has 1 aliphatic heterocycles. The van der Waals surface area contributed by atoms with Gasteiger partial charge >= 0.3 is 0 Å². The topological polar surface area (TPSA) is 43.1 Å². The van der Waals surface area contributed by atoms with Crippen molar-refractivity contribution in [3.63, 3.8) is 0 Å². The van der Waals surface area contributed by atoms with Crippen LogP contribution in [-0.4, -0.2) is 28.2 Å². The van der Waals surface area contributed by atoms with Crippen LogP contribution in [0, 0.1) is 0 Å². The van der Waals surface area contributed by atoms with Crippen LogP contribution in [-0.2, 0) is 20.0 Å². The Labute approximate surface area is 100 Å². The van der Waals surface area contributed by atoms with Gasteiger partial charge < -0.3 is 14.0 Å². The summed E-state index contributed by atoms with van der Waals surface area (Å²) in [5, 5.41) is 0. The summed E-state index contributed by atoms with van der Waals surface area (Å²) in [5.74, 6) is 0.817. The Morgan fingerprint density at radius 2 is 2.12 bits per heavy atom. The van der Waals surface area contributed by atoms with E-state index in [0.29, 0.717) is 5.52 Å². The van der Waals surface area contributed by atoms with Gasteiger partial charge in [0.15, 0.2) is 0 Å². The van der Waals surface area contributed by atoms with E-state index in [-0.39, 0.29) is 13.0 Å². The zero-order valence-corrected chi connectivity index (χ0v) is 9.69. The van der Waals surface area contributed by atoms with Crippen LogP contribution in [0.5, 0.6) is 0 Å². The van der Waals surface area contributed by atoms with Crippen LogP contribution in [0.3, 0.4) is 0 Å². The van der Waals surface area contributed by atoms with Crippen molar-refractivity contribution >= 4 is 17.0 Å². The number of aryl methyl sites for hydroxylation is 2. The molecule has 0 N–H and O–H groups in total. The van der Waals surface area contributed by atoms with Crippen molar-refractivity contribution in [3.05, 3.63) is 22.1 Å². The van der Waals surface area contributed by atoms with Crippen molar-refractivity contribution in [1.82, 2.24) is 14.1 Å². The summed E-state index contributed by atoms with van der Waals surface area (Å²) >= 11 is 0. The predicted octanol–water partition coefficient (Wildman–Crippen LogP) is 0.993. The van der Waals surface area contributed by atoms with E-state index in [1.165, 1.54) is 0 Å². The molecule has 0 fully saturated rings. The molecule has 0 radical (unpaired) electrons. The molecule has 0 spiro atoms. The van der Waals surface area contributed by atoms with Crippen LogP contribution in [0.2, 0.25) is 0 Å². The quantitative estimate of drug-likeness (QED) is 0.739. The first-order chi connectivity index (χ1) is 7.59. The molecule has 2 aromatic heterocycles. The van der Waals surface area contributed by atoms with Crippen LogP contribution >= 0.6 is 0 Å². The number of hydrogen-bond donors (Lipinski definition) is 0. The van der Waals surface area contributed by atoms with E-state index in [1.807, 2.05) is 41.2 Å². The molecule has 3 rings (SSSR count). The Kier molecular flexibility index (Phi) is 2.49. The van der Waals surface area contributed by atoms with E-state index in [4.69, 9.17) is 0 Å². The van der Waals surface area contributed by atoms with Crippen molar-refractivity contribution in [3.8, 4) is 0 Å². The minimum Gasteiger partial charge on any atom is -0.348 e. The van der Waals surface area contributed by atoms with Crippen LogP contribution in [0.15, 0.2) is 10.9 Å². The highest BCUT2D eigenvalue weighted by molar-refractivity contribution is 5.78. The number of imidazole rings is 1. The van der Waals surface area contributed by atoms with Crippen LogP contribution in [0.4, 0.5) is 5.95 Å². The van der Waals surface area contributed by atoms with Crippen molar-refractivity contribution in [2.45, 2.75) is 20.4 Å². The fourth-order valence-electron chi connectivity index (χ4n) is 2.28. The van der Waals surface area contributed by atoms with Crippen molar-refractivity contribution in [1.29, 1.82) is 0 Å². The highest BCUT2D eigenvalue weighted by Gasteiger charge is 2.20. The third kappa shape index (κ3) is 1.38. The molecule has 1 aliphatic rings. The Morgan fingerprint density at radius 1 is 1.41 bits per heavy atom. The maximum absolute atomic E-state index is 12.1. The number of hydrogen-bond acceptors (Lipinski definition) is 3. The lowest BCUT2D eigenvalue weighted by Crippen LogP contribution is -2.33. The molecule has 0 unspecified atom stereocenters. The van der Waals surface area contributed by atoms with Gasteiger partial charge in [-0.1, -0.05) is 7.43 Å².